The van der Waals surface area contributed by atoms with E-state index >= 15 is 0 Å². The lowest BCUT2D eigenvalue weighted by atomic mass is 9.81. The van der Waals surface area contributed by atoms with E-state index in [0.717, 1.165) is 12.8 Å². The highest BCUT2D eigenvalue weighted by Gasteiger charge is 2.52. The van der Waals surface area contributed by atoms with E-state index in [-0.39, 0.29) is 18.0 Å². The standard InChI is InChI=1S/C23H37BN4O6/c1-15(27-20(30)32-21(2,3)4)18(29)28-11-9-10-17(14-28)31-19-25-12-16(13-26-19)24-33-22(5,6)23(7,8)34-24/h12-13,15,17H,9-11,14H2,1-8H3,(H,27,30)/t15?,17-/m0/s1. The highest BCUT2D eigenvalue weighted by atomic mass is 16.7. The summed E-state index contributed by atoms with van der Waals surface area (Å²) in [5.41, 5.74) is -0.802. The lowest BCUT2D eigenvalue weighted by Crippen LogP contribution is -2.52. The Morgan fingerprint density at radius 2 is 1.76 bits per heavy atom. The fourth-order valence-electron chi connectivity index (χ4n) is 3.69. The fraction of sp³-hybridized carbons (Fsp3) is 0.739. The van der Waals surface area contributed by atoms with Crippen molar-refractivity contribution in [3.63, 3.8) is 0 Å². The molecule has 10 nitrogen and oxygen atoms in total. The molecule has 11 heteroatoms. The summed E-state index contributed by atoms with van der Waals surface area (Å²) < 4.78 is 23.2. The number of alkyl carbamates (subject to hydrolysis) is 1. The maximum absolute atomic E-state index is 12.8. The van der Waals surface area contributed by atoms with Crippen molar-refractivity contribution in [1.82, 2.24) is 20.2 Å². The van der Waals surface area contributed by atoms with Gasteiger partial charge in [0.1, 0.15) is 17.7 Å². The number of nitrogens with zero attached hydrogens (tertiary/aromatic N) is 3. The molecule has 3 heterocycles. The number of piperidine rings is 1. The number of rotatable bonds is 5. The van der Waals surface area contributed by atoms with Gasteiger partial charge in [-0.25, -0.2) is 14.8 Å². The van der Waals surface area contributed by atoms with Crippen molar-refractivity contribution in [3.05, 3.63) is 12.4 Å². The van der Waals surface area contributed by atoms with Gasteiger partial charge in [0.05, 0.1) is 17.7 Å². The van der Waals surface area contributed by atoms with Crippen LogP contribution in [-0.2, 0) is 18.8 Å². The topological polar surface area (TPSA) is 112 Å². The number of hydrogen-bond acceptors (Lipinski definition) is 8. The van der Waals surface area contributed by atoms with Gasteiger partial charge in [-0.2, -0.15) is 0 Å². The minimum atomic E-state index is -0.705. The minimum absolute atomic E-state index is 0.184. The Morgan fingerprint density at radius 3 is 2.32 bits per heavy atom. The average molecular weight is 476 g/mol. The predicted octanol–water partition coefficient (Wildman–Crippen LogP) is 2.06. The molecule has 2 aliphatic rings. The molecule has 188 valence electrons. The number of aromatic nitrogens is 2. The molecule has 1 aromatic heterocycles. The van der Waals surface area contributed by atoms with E-state index in [4.69, 9.17) is 18.8 Å². The number of ether oxygens (including phenoxy) is 2. The SMILES string of the molecule is CC(NC(=O)OC(C)(C)C)C(=O)N1CCC[C@H](Oc2ncc(B3OC(C)(C)C(C)(C)O3)cn2)C1. The molecule has 0 saturated carbocycles. The zero-order chi connectivity index (χ0) is 25.3. The number of carbonyl (C=O) groups excluding carboxylic acids is 2. The van der Waals surface area contributed by atoms with Gasteiger partial charge in [0, 0.05) is 24.4 Å². The molecule has 0 aliphatic carbocycles. The summed E-state index contributed by atoms with van der Waals surface area (Å²) in [5, 5.41) is 2.60. The first-order valence-corrected chi connectivity index (χ1v) is 11.8. The Labute approximate surface area is 202 Å². The molecule has 34 heavy (non-hydrogen) atoms. The highest BCUT2D eigenvalue weighted by Crippen LogP contribution is 2.36. The van der Waals surface area contributed by atoms with Crippen LogP contribution in [0.25, 0.3) is 0 Å². The van der Waals surface area contributed by atoms with Gasteiger partial charge in [-0.3, -0.25) is 4.79 Å². The molecule has 0 radical (unpaired) electrons. The van der Waals surface area contributed by atoms with Gasteiger partial charge in [0.2, 0.25) is 5.91 Å². The van der Waals surface area contributed by atoms with Gasteiger partial charge in [-0.1, -0.05) is 0 Å². The Hall–Kier alpha value is -2.40. The molecule has 0 bridgehead atoms. The molecule has 0 aromatic carbocycles. The van der Waals surface area contributed by atoms with E-state index in [1.54, 1.807) is 45.0 Å². The Morgan fingerprint density at radius 1 is 1.18 bits per heavy atom. The summed E-state index contributed by atoms with van der Waals surface area (Å²) in [5.74, 6) is -0.184. The molecule has 1 unspecified atom stereocenters. The first-order valence-electron chi connectivity index (χ1n) is 11.8. The summed E-state index contributed by atoms with van der Waals surface area (Å²) in [7, 11) is -0.541. The molecule has 1 N–H and O–H groups in total. The zero-order valence-electron chi connectivity index (χ0n) is 21.5. The second kappa shape index (κ2) is 9.69. The second-order valence-corrected chi connectivity index (χ2v) is 10.9. The molecule has 2 saturated heterocycles. The Kier molecular flexibility index (Phi) is 7.47. The number of hydrogen-bond donors (Lipinski definition) is 1. The summed E-state index contributed by atoms with van der Waals surface area (Å²) in [6, 6.07) is -0.469. The quantitative estimate of drug-likeness (QED) is 0.643. The van der Waals surface area contributed by atoms with E-state index in [1.807, 2.05) is 27.7 Å². The van der Waals surface area contributed by atoms with Crippen molar-refractivity contribution >= 4 is 24.6 Å². The number of likely N-dealkylation sites (tertiary alicyclic amines) is 1. The van der Waals surface area contributed by atoms with Crippen molar-refractivity contribution in [2.45, 2.75) is 97.2 Å². The zero-order valence-corrected chi connectivity index (χ0v) is 21.5. The van der Waals surface area contributed by atoms with E-state index in [9.17, 15) is 9.59 Å². The van der Waals surface area contributed by atoms with Gasteiger partial charge in [-0.15, -0.1) is 0 Å². The lowest BCUT2D eigenvalue weighted by molar-refractivity contribution is -0.135. The highest BCUT2D eigenvalue weighted by molar-refractivity contribution is 6.61. The van der Waals surface area contributed by atoms with Gasteiger partial charge >= 0.3 is 19.2 Å². The van der Waals surface area contributed by atoms with Crippen LogP contribution in [0.2, 0.25) is 0 Å². The van der Waals surface area contributed by atoms with Crippen LogP contribution in [0.4, 0.5) is 4.79 Å². The third-order valence-electron chi connectivity index (χ3n) is 6.24. The summed E-state index contributed by atoms with van der Waals surface area (Å²) in [6.45, 7) is 15.9. The van der Waals surface area contributed by atoms with Crippen molar-refractivity contribution in [1.29, 1.82) is 0 Å². The van der Waals surface area contributed by atoms with Crippen LogP contribution in [0, 0.1) is 0 Å². The van der Waals surface area contributed by atoms with E-state index < -0.39 is 36.1 Å². The van der Waals surface area contributed by atoms with Crippen molar-refractivity contribution in [2.75, 3.05) is 13.1 Å². The number of nitrogens with one attached hydrogen (secondary N) is 1. The molecule has 2 fully saturated rings. The first kappa shape index (κ1) is 26.2. The van der Waals surface area contributed by atoms with Crippen LogP contribution in [0.5, 0.6) is 6.01 Å². The summed E-state index contributed by atoms with van der Waals surface area (Å²) >= 11 is 0. The summed E-state index contributed by atoms with van der Waals surface area (Å²) in [4.78, 5) is 35.2. The maximum atomic E-state index is 12.8. The smallest absolute Gasteiger partial charge is 0.458 e. The molecule has 2 atom stereocenters. The minimum Gasteiger partial charge on any atom is -0.458 e. The Bertz CT molecular complexity index is 870. The molecule has 0 spiro atoms. The predicted molar refractivity (Wildman–Crippen MR) is 127 cm³/mol. The van der Waals surface area contributed by atoms with Crippen molar-refractivity contribution < 1.29 is 28.4 Å². The van der Waals surface area contributed by atoms with Gasteiger partial charge in [0.15, 0.2) is 0 Å². The second-order valence-electron chi connectivity index (χ2n) is 10.9. The largest absolute Gasteiger partial charge is 0.498 e. The molecule has 2 aliphatic heterocycles. The van der Waals surface area contributed by atoms with Crippen LogP contribution in [0.1, 0.15) is 68.2 Å². The Balaban J connectivity index is 1.54. The number of amides is 2. The fourth-order valence-corrected chi connectivity index (χ4v) is 3.69. The van der Waals surface area contributed by atoms with Crippen LogP contribution >= 0.6 is 0 Å². The van der Waals surface area contributed by atoms with Gasteiger partial charge in [-0.05, 0) is 68.2 Å². The van der Waals surface area contributed by atoms with E-state index in [0.29, 0.717) is 18.6 Å². The van der Waals surface area contributed by atoms with Crippen LogP contribution in [-0.4, -0.2) is 76.0 Å². The molecule has 3 rings (SSSR count). The average Bonchev–Trinajstić information content (AvgIpc) is 2.93. The lowest BCUT2D eigenvalue weighted by Gasteiger charge is -2.34. The third-order valence-corrected chi connectivity index (χ3v) is 6.24. The molecule has 1 aromatic rings. The van der Waals surface area contributed by atoms with Gasteiger partial charge in [0.25, 0.3) is 0 Å². The summed E-state index contributed by atoms with van der Waals surface area (Å²) in [6.07, 6.45) is 3.98. The molecular formula is C23H37BN4O6. The van der Waals surface area contributed by atoms with Crippen LogP contribution < -0.4 is 15.5 Å². The normalized spacial score (nSPS) is 22.8. The van der Waals surface area contributed by atoms with Crippen LogP contribution in [0.15, 0.2) is 12.4 Å². The molecule has 2 amide bonds. The van der Waals surface area contributed by atoms with Gasteiger partial charge < -0.3 is 29.0 Å². The van der Waals surface area contributed by atoms with Crippen molar-refractivity contribution in [2.24, 2.45) is 0 Å². The first-order chi connectivity index (χ1) is 15.7. The molecular weight excluding hydrogens is 439 g/mol. The van der Waals surface area contributed by atoms with Crippen molar-refractivity contribution in [3.8, 4) is 6.01 Å². The van der Waals surface area contributed by atoms with E-state index in [2.05, 4.69) is 15.3 Å². The number of carbonyl (C=O) groups is 2. The van der Waals surface area contributed by atoms with E-state index in [1.165, 1.54) is 0 Å². The van der Waals surface area contributed by atoms with Crippen LogP contribution in [0.3, 0.4) is 0 Å². The third kappa shape index (κ3) is 6.38. The monoisotopic (exact) mass is 476 g/mol. The maximum Gasteiger partial charge on any atom is 0.498 e.